The van der Waals surface area contributed by atoms with Gasteiger partial charge in [0.15, 0.2) is 0 Å². The molecule has 2 bridgehead atoms. The second kappa shape index (κ2) is 1.98. The van der Waals surface area contributed by atoms with Crippen molar-refractivity contribution in [2.75, 3.05) is 0 Å². The first-order valence-corrected chi connectivity index (χ1v) is 4.00. The van der Waals surface area contributed by atoms with Crippen LogP contribution in [0.2, 0.25) is 0 Å². The predicted molar refractivity (Wildman–Crippen MR) is 37.0 cm³/mol. The molecule has 0 atom stereocenters. The fourth-order valence-electron chi connectivity index (χ4n) is 2.77. The molecule has 0 aromatic heterocycles. The van der Waals surface area contributed by atoms with Crippen molar-refractivity contribution < 1.29 is 18.7 Å². The van der Waals surface area contributed by atoms with Crippen molar-refractivity contribution in [3.05, 3.63) is 0 Å². The molecule has 2 nitrogen and oxygen atoms in total. The van der Waals surface area contributed by atoms with Crippen molar-refractivity contribution in [3.63, 3.8) is 0 Å². The Labute approximate surface area is 68.6 Å². The molecule has 3 fully saturated rings. The Bertz CT molecular complexity index is 217. The average molecular weight is 176 g/mol. The van der Waals surface area contributed by atoms with Gasteiger partial charge in [-0.15, -0.1) is 0 Å². The lowest BCUT2D eigenvalue weighted by molar-refractivity contribution is -0.233. The number of rotatable bonds is 3. The monoisotopic (exact) mass is 176 g/mol. The SMILES string of the molecule is O=C(O)C12CC(CC(F)F)(C1)C2. The molecule has 3 saturated carbocycles. The minimum atomic E-state index is -2.28. The van der Waals surface area contributed by atoms with Crippen LogP contribution in [0.25, 0.3) is 0 Å². The van der Waals surface area contributed by atoms with Gasteiger partial charge in [0.1, 0.15) is 0 Å². The third kappa shape index (κ3) is 0.807. The Morgan fingerprint density at radius 3 is 2.25 bits per heavy atom. The van der Waals surface area contributed by atoms with Gasteiger partial charge in [-0.25, -0.2) is 8.78 Å². The van der Waals surface area contributed by atoms with Crippen molar-refractivity contribution in [1.82, 2.24) is 0 Å². The van der Waals surface area contributed by atoms with Crippen LogP contribution in [0.4, 0.5) is 8.78 Å². The number of halogens is 2. The van der Waals surface area contributed by atoms with Gasteiger partial charge in [0.2, 0.25) is 6.43 Å². The number of hydrogen-bond acceptors (Lipinski definition) is 1. The van der Waals surface area contributed by atoms with Crippen molar-refractivity contribution in [3.8, 4) is 0 Å². The topological polar surface area (TPSA) is 37.3 Å². The van der Waals surface area contributed by atoms with Gasteiger partial charge in [0.05, 0.1) is 5.41 Å². The highest BCUT2D eigenvalue weighted by Crippen LogP contribution is 2.75. The summed E-state index contributed by atoms with van der Waals surface area (Å²) >= 11 is 0. The number of carboxylic acids is 1. The molecule has 0 radical (unpaired) electrons. The Morgan fingerprint density at radius 1 is 1.42 bits per heavy atom. The summed E-state index contributed by atoms with van der Waals surface area (Å²) in [7, 11) is 0. The number of hydrogen-bond donors (Lipinski definition) is 1. The maximum absolute atomic E-state index is 12.0. The molecule has 3 aliphatic carbocycles. The van der Waals surface area contributed by atoms with Gasteiger partial charge in [0, 0.05) is 6.42 Å². The zero-order chi connectivity index (χ0) is 8.98. The van der Waals surface area contributed by atoms with E-state index in [0.29, 0.717) is 19.3 Å². The Hall–Kier alpha value is -0.670. The molecular formula is C8H10F2O2. The van der Waals surface area contributed by atoms with E-state index in [1.54, 1.807) is 0 Å². The van der Waals surface area contributed by atoms with Crippen LogP contribution in [0.1, 0.15) is 25.7 Å². The van der Waals surface area contributed by atoms with Gasteiger partial charge >= 0.3 is 5.97 Å². The third-order valence-corrected chi connectivity index (χ3v) is 3.18. The van der Waals surface area contributed by atoms with E-state index in [0.717, 1.165) is 0 Å². The minimum absolute atomic E-state index is 0.109. The zero-order valence-electron chi connectivity index (χ0n) is 6.52. The Morgan fingerprint density at radius 2 is 1.92 bits per heavy atom. The largest absolute Gasteiger partial charge is 0.481 e. The van der Waals surface area contributed by atoms with E-state index in [9.17, 15) is 13.6 Å². The normalized spacial score (nSPS) is 43.6. The first-order valence-electron chi connectivity index (χ1n) is 4.00. The summed E-state index contributed by atoms with van der Waals surface area (Å²) < 4.78 is 23.9. The van der Waals surface area contributed by atoms with Gasteiger partial charge in [-0.2, -0.15) is 0 Å². The summed E-state index contributed by atoms with van der Waals surface area (Å²) in [6.07, 6.45) is -0.974. The fraction of sp³-hybridized carbons (Fsp3) is 0.875. The smallest absolute Gasteiger partial charge is 0.309 e. The first kappa shape index (κ1) is 7.95. The minimum Gasteiger partial charge on any atom is -0.481 e. The summed E-state index contributed by atoms with van der Waals surface area (Å²) in [6, 6.07) is 0. The Balaban J connectivity index is 1.91. The lowest BCUT2D eigenvalue weighted by atomic mass is 9.34. The van der Waals surface area contributed by atoms with Crippen LogP contribution < -0.4 is 0 Å². The van der Waals surface area contributed by atoms with E-state index in [-0.39, 0.29) is 11.8 Å². The van der Waals surface area contributed by atoms with Crippen LogP contribution >= 0.6 is 0 Å². The van der Waals surface area contributed by atoms with E-state index >= 15 is 0 Å². The maximum Gasteiger partial charge on any atom is 0.309 e. The van der Waals surface area contributed by atoms with E-state index in [2.05, 4.69) is 0 Å². The van der Waals surface area contributed by atoms with Crippen molar-refractivity contribution >= 4 is 5.97 Å². The molecule has 0 saturated heterocycles. The second-order valence-corrected chi connectivity index (χ2v) is 4.21. The summed E-state index contributed by atoms with van der Waals surface area (Å²) in [6.45, 7) is 0. The highest BCUT2D eigenvalue weighted by Gasteiger charge is 2.71. The molecular weight excluding hydrogens is 166 g/mol. The molecule has 68 valence electrons. The number of alkyl halides is 2. The molecule has 12 heavy (non-hydrogen) atoms. The number of carbonyl (C=O) groups is 1. The number of aliphatic carboxylic acids is 1. The molecule has 3 aliphatic rings. The summed E-state index contributed by atoms with van der Waals surface area (Å²) in [5, 5.41) is 8.69. The molecule has 0 unspecified atom stereocenters. The second-order valence-electron chi connectivity index (χ2n) is 4.21. The molecule has 0 heterocycles. The molecule has 0 amide bonds. The van der Waals surface area contributed by atoms with Crippen LogP contribution in [0.5, 0.6) is 0 Å². The van der Waals surface area contributed by atoms with E-state index in [1.807, 2.05) is 0 Å². The lowest BCUT2D eigenvalue weighted by Crippen LogP contribution is -2.65. The average Bonchev–Trinajstić information content (AvgIpc) is 1.72. The Kier molecular flexibility index (Phi) is 1.31. The van der Waals surface area contributed by atoms with Gasteiger partial charge < -0.3 is 5.11 Å². The van der Waals surface area contributed by atoms with E-state index in [1.165, 1.54) is 0 Å². The molecule has 3 rings (SSSR count). The fourth-order valence-corrected chi connectivity index (χ4v) is 2.77. The van der Waals surface area contributed by atoms with Gasteiger partial charge in [0.25, 0.3) is 0 Å². The van der Waals surface area contributed by atoms with E-state index < -0.39 is 17.8 Å². The van der Waals surface area contributed by atoms with Crippen LogP contribution in [-0.4, -0.2) is 17.5 Å². The molecule has 1 N–H and O–H groups in total. The van der Waals surface area contributed by atoms with Crippen molar-refractivity contribution in [2.45, 2.75) is 32.1 Å². The lowest BCUT2D eigenvalue weighted by Gasteiger charge is -2.68. The van der Waals surface area contributed by atoms with Gasteiger partial charge in [-0.05, 0) is 24.7 Å². The summed E-state index contributed by atoms with van der Waals surface area (Å²) in [5.41, 5.74) is -0.901. The molecule has 0 aliphatic heterocycles. The maximum atomic E-state index is 12.0. The number of carboxylic acid groups (broad SMARTS) is 1. The van der Waals surface area contributed by atoms with Crippen LogP contribution in [0, 0.1) is 10.8 Å². The van der Waals surface area contributed by atoms with Gasteiger partial charge in [-0.1, -0.05) is 0 Å². The predicted octanol–water partition coefficient (Wildman–Crippen LogP) is 1.90. The third-order valence-electron chi connectivity index (χ3n) is 3.18. The highest BCUT2D eigenvalue weighted by molar-refractivity contribution is 5.79. The molecule has 0 spiro atoms. The van der Waals surface area contributed by atoms with Crippen molar-refractivity contribution in [2.24, 2.45) is 10.8 Å². The highest BCUT2D eigenvalue weighted by atomic mass is 19.3. The zero-order valence-corrected chi connectivity index (χ0v) is 6.52. The van der Waals surface area contributed by atoms with Crippen molar-refractivity contribution in [1.29, 1.82) is 0 Å². The van der Waals surface area contributed by atoms with Gasteiger partial charge in [-0.3, -0.25) is 4.79 Å². The molecule has 0 aromatic rings. The summed E-state index contributed by atoms with van der Waals surface area (Å²) in [4.78, 5) is 10.6. The molecule has 0 aromatic carbocycles. The van der Waals surface area contributed by atoms with Crippen LogP contribution in [0.3, 0.4) is 0 Å². The standard InChI is InChI=1S/C8H10F2O2/c9-5(10)1-7-2-8(3-7,4-7)6(11)12/h5H,1-4H2,(H,11,12). The van der Waals surface area contributed by atoms with Crippen LogP contribution in [-0.2, 0) is 4.79 Å². The summed E-state index contributed by atoms with van der Waals surface area (Å²) in [5.74, 6) is -0.807. The van der Waals surface area contributed by atoms with Crippen LogP contribution in [0.15, 0.2) is 0 Å². The first-order chi connectivity index (χ1) is 5.48. The van der Waals surface area contributed by atoms with E-state index in [4.69, 9.17) is 5.11 Å². The quantitative estimate of drug-likeness (QED) is 0.713. The molecule has 4 heteroatoms.